The van der Waals surface area contributed by atoms with E-state index in [1.54, 1.807) is 0 Å². The Kier molecular flexibility index (Phi) is 9.62. The molecule has 2 aromatic heterocycles. The molecule has 0 amide bonds. The van der Waals surface area contributed by atoms with Crippen LogP contribution in [0, 0.1) is 0 Å². The topological polar surface area (TPSA) is 24.6 Å². The molecule has 0 N–H and O–H groups in total. The van der Waals surface area contributed by atoms with E-state index in [9.17, 15) is 0 Å². The van der Waals surface area contributed by atoms with Crippen molar-refractivity contribution in [3.8, 4) is 16.8 Å². The Balaban J connectivity index is 1.18. The lowest BCUT2D eigenvalue weighted by Gasteiger charge is -2.42. The van der Waals surface area contributed by atoms with Gasteiger partial charge in [-0.3, -0.25) is 0 Å². The lowest BCUT2D eigenvalue weighted by atomic mass is 9.33. The molecular weight excluding hydrogens is 886 g/mol. The van der Waals surface area contributed by atoms with Crippen LogP contribution in [0.25, 0.3) is 49.7 Å². The molecule has 0 saturated carbocycles. The van der Waals surface area contributed by atoms with Crippen molar-refractivity contribution in [3.05, 3.63) is 191 Å². The zero-order chi connectivity index (χ0) is 50.8. The third-order valence-electron chi connectivity index (χ3n) is 16.8. The Morgan fingerprint density at radius 3 is 1.79 bits per heavy atom. The van der Waals surface area contributed by atoms with Crippen molar-refractivity contribution in [3.63, 3.8) is 0 Å². The van der Waals surface area contributed by atoms with Crippen LogP contribution in [0.5, 0.6) is 0 Å². The number of fused-ring (bicyclic) bond motifs is 12. The van der Waals surface area contributed by atoms with E-state index in [1.165, 1.54) is 83.3 Å². The van der Waals surface area contributed by atoms with Gasteiger partial charge in [0, 0.05) is 66.8 Å². The third kappa shape index (κ3) is 6.66. The molecule has 0 unspecified atom stereocenters. The second kappa shape index (κ2) is 15.4. The quantitative estimate of drug-likeness (QED) is 0.161. The van der Waals surface area contributed by atoms with E-state index in [1.807, 2.05) is 0 Å². The summed E-state index contributed by atoms with van der Waals surface area (Å²) in [6, 6.07) is 60.8. The summed E-state index contributed by atoms with van der Waals surface area (Å²) in [5.41, 5.74) is 25.4. The van der Waals surface area contributed by atoms with Crippen LogP contribution in [0.15, 0.2) is 162 Å². The third-order valence-corrected chi connectivity index (χ3v) is 16.8. The van der Waals surface area contributed by atoms with Gasteiger partial charge in [-0.05, 0) is 127 Å². The van der Waals surface area contributed by atoms with Gasteiger partial charge in [0.1, 0.15) is 5.58 Å². The van der Waals surface area contributed by atoms with Crippen molar-refractivity contribution in [2.45, 2.75) is 118 Å². The standard InChI is InChI=1S/C68H66BN3O/c1-40(2)41-24-35-53-56(36-41)71(55-23-17-19-49-48-34-29-44(67(9,10)11)37-59(48)73-63(49)55)57-38-47(70(45-30-25-42(26-31-45)65(3,4)5)46-32-27-43(28-33-46)66(6,7)8)39-58-61(57)69(53)54-22-16-20-51-60-50-18-14-15-21-52(50)68(12,13)64(60)72(58)62(51)54/h14-40H,1-13H3. The van der Waals surface area contributed by atoms with Crippen molar-refractivity contribution < 1.29 is 4.42 Å². The largest absolute Gasteiger partial charge is 0.454 e. The molecule has 13 rings (SSSR count). The summed E-state index contributed by atoms with van der Waals surface area (Å²) in [6.45, 7) is 30.1. The molecule has 1 aliphatic carbocycles. The van der Waals surface area contributed by atoms with Crippen LogP contribution in [-0.2, 0) is 21.7 Å². The minimum Gasteiger partial charge on any atom is -0.454 e. The summed E-state index contributed by atoms with van der Waals surface area (Å²) in [5.74, 6) is 0.327. The average Bonchev–Trinajstić information content (AvgIpc) is 4.01. The number of furan rings is 1. The van der Waals surface area contributed by atoms with Crippen LogP contribution >= 0.6 is 0 Å². The fourth-order valence-electron chi connectivity index (χ4n) is 12.8. The molecule has 362 valence electrons. The molecule has 73 heavy (non-hydrogen) atoms. The van der Waals surface area contributed by atoms with Crippen LogP contribution < -0.4 is 26.2 Å². The number of nitrogens with zero attached hydrogens (tertiary/aromatic N) is 3. The Morgan fingerprint density at radius 2 is 1.14 bits per heavy atom. The maximum Gasteiger partial charge on any atom is 0.252 e. The highest BCUT2D eigenvalue weighted by Gasteiger charge is 2.48. The van der Waals surface area contributed by atoms with Crippen molar-refractivity contribution >= 4 is 90.1 Å². The van der Waals surface area contributed by atoms with Gasteiger partial charge in [0.15, 0.2) is 5.58 Å². The van der Waals surface area contributed by atoms with Gasteiger partial charge in [0.25, 0.3) is 6.71 Å². The summed E-state index contributed by atoms with van der Waals surface area (Å²) in [6.07, 6.45) is 0. The average molecular weight is 952 g/mol. The lowest BCUT2D eigenvalue weighted by molar-refractivity contribution is 0.587. The number of para-hydroxylation sites is 2. The molecule has 0 radical (unpaired) electrons. The predicted molar refractivity (Wildman–Crippen MR) is 312 cm³/mol. The zero-order valence-electron chi connectivity index (χ0n) is 44.9. The van der Waals surface area contributed by atoms with Crippen molar-refractivity contribution in [1.82, 2.24) is 4.57 Å². The normalized spacial score (nSPS) is 14.5. The van der Waals surface area contributed by atoms with E-state index in [4.69, 9.17) is 4.42 Å². The van der Waals surface area contributed by atoms with Gasteiger partial charge in [-0.1, -0.05) is 193 Å². The van der Waals surface area contributed by atoms with Gasteiger partial charge < -0.3 is 18.8 Å². The first kappa shape index (κ1) is 45.6. The summed E-state index contributed by atoms with van der Waals surface area (Å²) in [7, 11) is 0. The minimum atomic E-state index is -0.270. The zero-order valence-corrected chi connectivity index (χ0v) is 44.9. The fourth-order valence-corrected chi connectivity index (χ4v) is 12.8. The maximum atomic E-state index is 7.23. The smallest absolute Gasteiger partial charge is 0.252 e. The first-order valence-corrected chi connectivity index (χ1v) is 26.6. The van der Waals surface area contributed by atoms with Gasteiger partial charge in [-0.15, -0.1) is 0 Å². The molecule has 0 bridgehead atoms. The highest BCUT2D eigenvalue weighted by molar-refractivity contribution is 7.00. The Hall–Kier alpha value is -7.24. The van der Waals surface area contributed by atoms with Crippen LogP contribution in [0.2, 0.25) is 0 Å². The van der Waals surface area contributed by atoms with Gasteiger partial charge in [0.2, 0.25) is 0 Å². The fraction of sp³-hybridized carbons (Fsp3) is 0.265. The van der Waals surface area contributed by atoms with Gasteiger partial charge in [0.05, 0.1) is 11.4 Å². The van der Waals surface area contributed by atoms with Crippen molar-refractivity contribution in [2.75, 3.05) is 9.80 Å². The highest BCUT2D eigenvalue weighted by atomic mass is 16.3. The molecular formula is C68H66BN3O. The molecule has 0 atom stereocenters. The highest BCUT2D eigenvalue weighted by Crippen LogP contribution is 2.56. The first-order chi connectivity index (χ1) is 34.7. The number of aromatic nitrogens is 1. The molecule has 4 nitrogen and oxygen atoms in total. The van der Waals surface area contributed by atoms with Crippen LogP contribution in [-0.4, -0.2) is 11.3 Å². The monoisotopic (exact) mass is 952 g/mol. The van der Waals surface area contributed by atoms with E-state index in [0.717, 1.165) is 50.4 Å². The predicted octanol–water partition coefficient (Wildman–Crippen LogP) is 16.9. The SMILES string of the molecule is CC(C)c1ccc2c(c1)N(c1cccc3c1oc1cc(C(C)(C)C)ccc13)c1cc(N(c3ccc(C(C)(C)C)cc3)c3ccc(C(C)(C)C)cc3)cc3c1B2c1cccc2c4c(n-3c12)C(C)(C)c1ccccc1-4. The molecule has 3 aliphatic rings. The Labute approximate surface area is 432 Å². The number of benzene rings is 8. The molecule has 0 saturated heterocycles. The number of anilines is 6. The molecule has 10 aromatic rings. The molecule has 4 heterocycles. The Bertz CT molecular complexity index is 3860. The van der Waals surface area contributed by atoms with Crippen molar-refractivity contribution in [2.24, 2.45) is 0 Å². The number of rotatable bonds is 5. The summed E-state index contributed by atoms with van der Waals surface area (Å²) in [4.78, 5) is 5.08. The molecule has 2 aliphatic heterocycles. The number of hydrogen-bond donors (Lipinski definition) is 0. The second-order valence-electron chi connectivity index (χ2n) is 25.3. The van der Waals surface area contributed by atoms with Crippen LogP contribution in [0.3, 0.4) is 0 Å². The van der Waals surface area contributed by atoms with E-state index in [2.05, 4.69) is 262 Å². The maximum absolute atomic E-state index is 7.23. The van der Waals surface area contributed by atoms with Crippen LogP contribution in [0.1, 0.15) is 129 Å². The second-order valence-corrected chi connectivity index (χ2v) is 25.3. The minimum absolute atomic E-state index is 0.00931. The molecule has 5 heteroatoms. The summed E-state index contributed by atoms with van der Waals surface area (Å²) >= 11 is 0. The van der Waals surface area contributed by atoms with Crippen molar-refractivity contribution in [1.29, 1.82) is 0 Å². The summed E-state index contributed by atoms with van der Waals surface area (Å²) < 4.78 is 9.93. The van der Waals surface area contributed by atoms with Gasteiger partial charge in [-0.25, -0.2) is 0 Å². The Morgan fingerprint density at radius 1 is 0.521 bits per heavy atom. The summed E-state index contributed by atoms with van der Waals surface area (Å²) in [5, 5.41) is 3.58. The molecule has 0 spiro atoms. The molecule has 0 fully saturated rings. The van der Waals surface area contributed by atoms with Crippen LogP contribution in [0.4, 0.5) is 34.1 Å². The van der Waals surface area contributed by atoms with E-state index in [-0.39, 0.29) is 28.4 Å². The van der Waals surface area contributed by atoms with E-state index < -0.39 is 0 Å². The number of hydrogen-bond acceptors (Lipinski definition) is 3. The lowest BCUT2D eigenvalue weighted by Crippen LogP contribution is -2.60. The van der Waals surface area contributed by atoms with Gasteiger partial charge in [-0.2, -0.15) is 0 Å². The van der Waals surface area contributed by atoms with E-state index in [0.29, 0.717) is 5.92 Å². The van der Waals surface area contributed by atoms with E-state index >= 15 is 0 Å². The molecule has 8 aromatic carbocycles. The first-order valence-electron chi connectivity index (χ1n) is 26.6. The van der Waals surface area contributed by atoms with Gasteiger partial charge >= 0.3 is 0 Å².